The van der Waals surface area contributed by atoms with E-state index in [0.29, 0.717) is 24.0 Å². The summed E-state index contributed by atoms with van der Waals surface area (Å²) < 4.78 is 26.2. The van der Waals surface area contributed by atoms with Gasteiger partial charge in [0.25, 0.3) is 8.32 Å². The fraction of sp³-hybridized carbons (Fsp3) is 0.479. The zero-order valence-electron chi connectivity index (χ0n) is 34.6. The molecule has 1 aliphatic rings. The number of allylic oxidation sites excluding steroid dienone is 2. The molecule has 0 radical (unpaired) electrons. The van der Waals surface area contributed by atoms with Crippen molar-refractivity contribution in [3.63, 3.8) is 0 Å². The third kappa shape index (κ3) is 10.2. The molecule has 6 atom stereocenters. The minimum Gasteiger partial charge on any atom is -0.497 e. The van der Waals surface area contributed by atoms with Gasteiger partial charge in [0.2, 0.25) is 0 Å². The third-order valence-corrected chi connectivity index (χ3v) is 16.3. The van der Waals surface area contributed by atoms with Crippen LogP contribution in [-0.4, -0.2) is 39.7 Å². The highest BCUT2D eigenvalue weighted by Gasteiger charge is 2.52. The van der Waals surface area contributed by atoms with E-state index in [1.807, 2.05) is 51.1 Å². The van der Waals surface area contributed by atoms with Crippen LogP contribution in [0.5, 0.6) is 11.5 Å². The molecule has 4 rings (SSSR count). The number of rotatable bonds is 17. The molecule has 0 saturated heterocycles. The Morgan fingerprint density at radius 3 is 1.87 bits per heavy atom. The molecule has 3 aromatic rings. The highest BCUT2D eigenvalue weighted by molar-refractivity contribution is 6.99. The van der Waals surface area contributed by atoms with Gasteiger partial charge in [-0.15, -0.1) is 6.58 Å². The zero-order valence-corrected chi connectivity index (χ0v) is 35.6. The number of benzene rings is 3. The van der Waals surface area contributed by atoms with Crippen molar-refractivity contribution in [2.45, 2.75) is 111 Å². The molecule has 292 valence electrons. The third-order valence-electron chi connectivity index (χ3n) is 11.2. The average molecular weight is 751 g/mol. The molecule has 0 bridgehead atoms. The summed E-state index contributed by atoms with van der Waals surface area (Å²) in [5.74, 6) is 2.40. The SMILES string of the molecule is C=CC[C@@H](C[C@@H]1[C@@H](C(C)C)CC=C(C)[C@@H]1C[C@H](OC(=O)C(C)(C)C)[C@@H](C=C)Oc1ccc(OC)cc1)O[Si](c1ccccc1)(c1ccccc1)C(C)(C)C. The van der Waals surface area contributed by atoms with Crippen molar-refractivity contribution < 1.29 is 23.4 Å². The predicted molar refractivity (Wildman–Crippen MR) is 227 cm³/mol. The van der Waals surface area contributed by atoms with Crippen molar-refractivity contribution in [3.05, 3.63) is 122 Å². The Hall–Kier alpha value is -3.87. The van der Waals surface area contributed by atoms with Crippen molar-refractivity contribution in [2.75, 3.05) is 7.11 Å². The minimum atomic E-state index is -2.85. The van der Waals surface area contributed by atoms with Gasteiger partial charge in [0, 0.05) is 6.10 Å². The topological polar surface area (TPSA) is 54.0 Å². The molecule has 0 amide bonds. The molecule has 3 aromatic carbocycles. The maximum atomic E-state index is 13.6. The van der Waals surface area contributed by atoms with E-state index in [1.165, 1.54) is 15.9 Å². The molecule has 5 nitrogen and oxygen atoms in total. The van der Waals surface area contributed by atoms with Crippen LogP contribution in [0.4, 0.5) is 0 Å². The second kappa shape index (κ2) is 18.6. The van der Waals surface area contributed by atoms with Crippen molar-refractivity contribution in [2.24, 2.45) is 29.1 Å². The highest BCUT2D eigenvalue weighted by atomic mass is 28.4. The lowest BCUT2D eigenvalue weighted by Gasteiger charge is -2.47. The van der Waals surface area contributed by atoms with Gasteiger partial charge in [-0.2, -0.15) is 0 Å². The fourth-order valence-electron chi connectivity index (χ4n) is 8.27. The van der Waals surface area contributed by atoms with Gasteiger partial charge in [-0.05, 0) is 123 Å². The van der Waals surface area contributed by atoms with Crippen molar-refractivity contribution in [1.82, 2.24) is 0 Å². The first-order valence-corrected chi connectivity index (χ1v) is 21.7. The van der Waals surface area contributed by atoms with Gasteiger partial charge in [0.15, 0.2) is 6.10 Å². The molecule has 0 aromatic heterocycles. The van der Waals surface area contributed by atoms with E-state index >= 15 is 0 Å². The van der Waals surface area contributed by atoms with E-state index in [0.717, 1.165) is 25.0 Å². The van der Waals surface area contributed by atoms with Gasteiger partial charge >= 0.3 is 5.97 Å². The van der Waals surface area contributed by atoms with Crippen LogP contribution >= 0.6 is 0 Å². The lowest BCUT2D eigenvalue weighted by Crippen LogP contribution is -2.67. The number of carbonyl (C=O) groups is 1. The molecule has 0 saturated carbocycles. The molecule has 54 heavy (non-hydrogen) atoms. The molecule has 0 unspecified atom stereocenters. The van der Waals surface area contributed by atoms with Crippen molar-refractivity contribution in [3.8, 4) is 11.5 Å². The van der Waals surface area contributed by atoms with Crippen molar-refractivity contribution in [1.29, 1.82) is 0 Å². The Morgan fingerprint density at radius 1 is 0.852 bits per heavy atom. The Bertz CT molecular complexity index is 1630. The lowest BCUT2D eigenvalue weighted by molar-refractivity contribution is -0.163. The van der Waals surface area contributed by atoms with Gasteiger partial charge in [-0.25, -0.2) is 0 Å². The number of methoxy groups -OCH3 is 1. The van der Waals surface area contributed by atoms with E-state index in [1.54, 1.807) is 13.2 Å². The summed E-state index contributed by atoms with van der Waals surface area (Å²) in [5, 5.41) is 2.39. The van der Waals surface area contributed by atoms with Gasteiger partial charge < -0.3 is 18.6 Å². The Labute approximate surface area is 328 Å². The van der Waals surface area contributed by atoms with Crippen LogP contribution in [-0.2, 0) is 14.0 Å². The number of carbonyl (C=O) groups excluding carboxylic acids is 1. The quantitative estimate of drug-likeness (QED) is 0.0781. The van der Waals surface area contributed by atoms with Crippen molar-refractivity contribution >= 4 is 24.7 Å². The Kier molecular flexibility index (Phi) is 14.8. The van der Waals surface area contributed by atoms with Gasteiger partial charge in [-0.1, -0.05) is 120 Å². The normalized spacial score (nSPS) is 19.6. The van der Waals surface area contributed by atoms with Gasteiger partial charge in [0.1, 0.15) is 17.6 Å². The van der Waals surface area contributed by atoms with E-state index in [9.17, 15) is 4.79 Å². The second-order valence-corrected chi connectivity index (χ2v) is 21.7. The predicted octanol–water partition coefficient (Wildman–Crippen LogP) is 10.7. The number of hydrogen-bond acceptors (Lipinski definition) is 5. The van der Waals surface area contributed by atoms with Crippen LogP contribution in [0.15, 0.2) is 122 Å². The molecule has 0 N–H and O–H groups in total. The highest BCUT2D eigenvalue weighted by Crippen LogP contribution is 2.46. The van der Waals surface area contributed by atoms with Gasteiger partial charge in [0.05, 0.1) is 12.5 Å². The Balaban J connectivity index is 1.79. The molecule has 0 fully saturated rings. The number of hydrogen-bond donors (Lipinski definition) is 0. The average Bonchev–Trinajstić information content (AvgIpc) is 3.13. The molecule has 1 aliphatic carbocycles. The van der Waals surface area contributed by atoms with Gasteiger partial charge in [-0.3, -0.25) is 4.79 Å². The van der Waals surface area contributed by atoms with Crippen LogP contribution in [0.1, 0.15) is 88.0 Å². The smallest absolute Gasteiger partial charge is 0.311 e. The maximum absolute atomic E-state index is 13.6. The first kappa shape index (κ1) is 42.9. The minimum absolute atomic E-state index is 0.0743. The summed E-state index contributed by atoms with van der Waals surface area (Å²) in [7, 11) is -1.20. The van der Waals surface area contributed by atoms with E-state index in [2.05, 4.69) is 121 Å². The summed E-state index contributed by atoms with van der Waals surface area (Å²) in [4.78, 5) is 13.6. The number of esters is 1. The summed E-state index contributed by atoms with van der Waals surface area (Å²) in [5.41, 5.74) is 0.642. The largest absolute Gasteiger partial charge is 0.497 e. The standard InChI is InChI=1S/C48H66O5Si/c1-13-21-38(53-54(48(9,10)11,39-22-17-15-18-23-39)40-24-19-16-20-25-40)32-43-41(34(3)4)31-26-35(5)42(43)33-45(52-46(49)47(6,7)8)44(14-2)51-37-29-27-36(50-12)28-30-37/h13-20,22-30,34,38,41-45H,1-2,21,31-33H2,3-12H3/t38-,41+,42-,43+,44+,45-/m0/s1. The summed E-state index contributed by atoms with van der Waals surface area (Å²) in [6.45, 7) is 28.0. The first-order chi connectivity index (χ1) is 25.5. The maximum Gasteiger partial charge on any atom is 0.311 e. The molecular weight excluding hydrogens is 685 g/mol. The molecular formula is C48H66O5Si. The monoisotopic (exact) mass is 750 g/mol. The molecule has 0 aliphatic heterocycles. The molecule has 0 heterocycles. The van der Waals surface area contributed by atoms with Crippen LogP contribution < -0.4 is 19.8 Å². The first-order valence-electron chi connectivity index (χ1n) is 19.8. The van der Waals surface area contributed by atoms with E-state index in [-0.39, 0.29) is 28.9 Å². The number of ether oxygens (including phenoxy) is 3. The summed E-state index contributed by atoms with van der Waals surface area (Å²) in [6, 6.07) is 29.3. The van der Waals surface area contributed by atoms with Crippen LogP contribution in [0.2, 0.25) is 5.04 Å². The Morgan fingerprint density at radius 2 is 1.41 bits per heavy atom. The summed E-state index contributed by atoms with van der Waals surface area (Å²) >= 11 is 0. The van der Waals surface area contributed by atoms with Crippen LogP contribution in [0.3, 0.4) is 0 Å². The van der Waals surface area contributed by atoms with E-state index in [4.69, 9.17) is 18.6 Å². The summed E-state index contributed by atoms with van der Waals surface area (Å²) in [6.07, 6.45) is 8.21. The lowest BCUT2D eigenvalue weighted by atomic mass is 9.64. The fourth-order valence-corrected chi connectivity index (χ4v) is 13.0. The van der Waals surface area contributed by atoms with Crippen LogP contribution in [0, 0.1) is 29.1 Å². The van der Waals surface area contributed by atoms with Crippen LogP contribution in [0.25, 0.3) is 0 Å². The zero-order chi connectivity index (χ0) is 39.7. The van der Waals surface area contributed by atoms with E-state index < -0.39 is 25.9 Å². The molecule has 0 spiro atoms. The molecule has 6 heteroatoms. The second-order valence-electron chi connectivity index (χ2n) is 17.4.